The van der Waals surface area contributed by atoms with Crippen LogP contribution < -0.4 is 5.32 Å². The van der Waals surface area contributed by atoms with Gasteiger partial charge in [-0.15, -0.1) is 0 Å². The van der Waals surface area contributed by atoms with E-state index in [1.54, 1.807) is 6.92 Å². The molecule has 1 aromatic rings. The van der Waals surface area contributed by atoms with Crippen molar-refractivity contribution in [2.45, 2.75) is 32.9 Å². The molecule has 2 aliphatic heterocycles. The fourth-order valence-corrected chi connectivity index (χ4v) is 4.19. The summed E-state index contributed by atoms with van der Waals surface area (Å²) in [5, 5.41) is 3.27. The van der Waals surface area contributed by atoms with Crippen molar-refractivity contribution in [1.29, 1.82) is 0 Å². The van der Waals surface area contributed by atoms with Crippen LogP contribution >= 0.6 is 0 Å². The number of carbonyl (C=O) groups is 2. The number of benzene rings is 1. The quantitative estimate of drug-likeness (QED) is 0.832. The Hall–Kier alpha value is -1.72. The molecule has 1 unspecified atom stereocenters. The summed E-state index contributed by atoms with van der Waals surface area (Å²) in [4.78, 5) is 27.0. The maximum Gasteiger partial charge on any atom is 0.323 e. The molecule has 2 fully saturated rings. The molecule has 0 amide bonds. The molecule has 1 aromatic carbocycles. The molecule has 0 bridgehead atoms. The van der Waals surface area contributed by atoms with Crippen LogP contribution in [0.5, 0.6) is 0 Å². The van der Waals surface area contributed by atoms with Gasteiger partial charge in [-0.2, -0.15) is 0 Å². The molecule has 3 atom stereocenters. The maximum absolute atomic E-state index is 12.4. The van der Waals surface area contributed by atoms with Gasteiger partial charge in [0, 0.05) is 31.0 Å². The summed E-state index contributed by atoms with van der Waals surface area (Å²) in [7, 11) is 0. The van der Waals surface area contributed by atoms with Crippen LogP contribution in [-0.2, 0) is 20.9 Å². The monoisotopic (exact) mass is 330 g/mol. The van der Waals surface area contributed by atoms with E-state index in [1.807, 2.05) is 25.1 Å². The Labute approximate surface area is 143 Å². The first-order valence-electron chi connectivity index (χ1n) is 8.74. The van der Waals surface area contributed by atoms with E-state index in [0.29, 0.717) is 13.2 Å². The lowest BCUT2D eigenvalue weighted by molar-refractivity contribution is -0.148. The van der Waals surface area contributed by atoms with E-state index < -0.39 is 5.41 Å². The molecule has 2 aliphatic rings. The zero-order valence-electron chi connectivity index (χ0n) is 14.5. The number of likely N-dealkylation sites (tertiary alicyclic amines) is 1. The highest BCUT2D eigenvalue weighted by atomic mass is 16.5. The Morgan fingerprint density at radius 2 is 2.08 bits per heavy atom. The van der Waals surface area contributed by atoms with Gasteiger partial charge >= 0.3 is 5.97 Å². The number of ketones is 1. The minimum Gasteiger partial charge on any atom is -0.465 e. The summed E-state index contributed by atoms with van der Waals surface area (Å²) in [5.74, 6) is -0.0649. The third-order valence-electron chi connectivity index (χ3n) is 5.57. The number of piperidine rings is 1. The van der Waals surface area contributed by atoms with Gasteiger partial charge in [0.1, 0.15) is 11.8 Å². The fraction of sp³-hybridized carbons (Fsp3) is 0.579. The molecule has 0 aromatic heterocycles. The molecular weight excluding hydrogens is 304 g/mol. The van der Waals surface area contributed by atoms with Crippen LogP contribution in [0.15, 0.2) is 30.3 Å². The maximum atomic E-state index is 12.4. The predicted molar refractivity (Wildman–Crippen MR) is 91.4 cm³/mol. The summed E-state index contributed by atoms with van der Waals surface area (Å²) in [6, 6.07) is 9.94. The van der Waals surface area contributed by atoms with Crippen LogP contribution in [0.4, 0.5) is 0 Å². The van der Waals surface area contributed by atoms with Crippen molar-refractivity contribution in [2.75, 3.05) is 26.2 Å². The highest BCUT2D eigenvalue weighted by molar-refractivity contribution is 5.87. The summed E-state index contributed by atoms with van der Waals surface area (Å²) in [6.45, 7) is 6.89. The second-order valence-electron chi connectivity index (χ2n) is 6.90. The molecule has 130 valence electrons. The molecule has 0 aliphatic carbocycles. The third-order valence-corrected chi connectivity index (χ3v) is 5.57. The molecule has 0 saturated carbocycles. The molecule has 0 radical (unpaired) electrons. The highest BCUT2D eigenvalue weighted by Gasteiger charge is 2.56. The number of carbonyl (C=O) groups excluding carboxylic acids is 2. The van der Waals surface area contributed by atoms with Gasteiger partial charge in [-0.1, -0.05) is 30.3 Å². The van der Waals surface area contributed by atoms with Crippen molar-refractivity contribution >= 4 is 11.8 Å². The number of nitrogens with one attached hydrogen (secondary N) is 1. The fourth-order valence-electron chi connectivity index (χ4n) is 4.19. The lowest BCUT2D eigenvalue weighted by Crippen LogP contribution is -2.53. The summed E-state index contributed by atoms with van der Waals surface area (Å²) < 4.78 is 5.22. The van der Waals surface area contributed by atoms with E-state index >= 15 is 0 Å². The Bertz CT molecular complexity index is 604. The highest BCUT2D eigenvalue weighted by Crippen LogP contribution is 2.43. The number of esters is 1. The van der Waals surface area contributed by atoms with Crippen LogP contribution in [0.3, 0.4) is 0 Å². The van der Waals surface area contributed by atoms with Crippen molar-refractivity contribution in [3.8, 4) is 0 Å². The van der Waals surface area contributed by atoms with Gasteiger partial charge in [-0.3, -0.25) is 14.5 Å². The summed E-state index contributed by atoms with van der Waals surface area (Å²) >= 11 is 0. The molecule has 5 nitrogen and oxygen atoms in total. The molecule has 2 saturated heterocycles. The van der Waals surface area contributed by atoms with E-state index in [9.17, 15) is 9.59 Å². The smallest absolute Gasteiger partial charge is 0.323 e. The Morgan fingerprint density at radius 1 is 1.33 bits per heavy atom. The first-order chi connectivity index (χ1) is 11.6. The Morgan fingerprint density at radius 3 is 2.75 bits per heavy atom. The Kier molecular flexibility index (Phi) is 5.01. The average Bonchev–Trinajstić information content (AvgIpc) is 2.96. The van der Waals surface area contributed by atoms with Crippen molar-refractivity contribution in [3.05, 3.63) is 35.9 Å². The third kappa shape index (κ3) is 3.10. The minimum atomic E-state index is -0.426. The van der Waals surface area contributed by atoms with E-state index in [-0.39, 0.29) is 23.7 Å². The second-order valence-corrected chi connectivity index (χ2v) is 6.90. The summed E-state index contributed by atoms with van der Waals surface area (Å²) in [5.41, 5.74) is 0.830. The number of ether oxygens (including phenoxy) is 1. The molecule has 1 N–H and O–H groups in total. The molecule has 3 rings (SSSR count). The number of nitrogens with zero attached hydrogens (tertiary/aromatic N) is 1. The second kappa shape index (κ2) is 7.03. The molecule has 2 heterocycles. The largest absolute Gasteiger partial charge is 0.465 e. The predicted octanol–water partition coefficient (Wildman–Crippen LogP) is 1.62. The van der Waals surface area contributed by atoms with Gasteiger partial charge in [0.2, 0.25) is 0 Å². The number of Topliss-reactive ketones (excluding diaryl/α,β-unsaturated/α-hetero) is 1. The van der Waals surface area contributed by atoms with Crippen LogP contribution in [-0.4, -0.2) is 48.9 Å². The molecule has 24 heavy (non-hydrogen) atoms. The molecule has 0 spiro atoms. The van der Waals surface area contributed by atoms with Crippen LogP contribution in [0.2, 0.25) is 0 Å². The van der Waals surface area contributed by atoms with E-state index in [2.05, 4.69) is 22.3 Å². The molecule has 5 heteroatoms. The number of hydrogen-bond donors (Lipinski definition) is 1. The normalized spacial score (nSPS) is 29.9. The van der Waals surface area contributed by atoms with Gasteiger partial charge in [0.05, 0.1) is 6.61 Å². The lowest BCUT2D eigenvalue weighted by Gasteiger charge is -2.43. The van der Waals surface area contributed by atoms with E-state index in [1.165, 1.54) is 5.56 Å². The molecular formula is C19H26N2O3. The van der Waals surface area contributed by atoms with Gasteiger partial charge in [0.25, 0.3) is 0 Å². The number of hydrogen-bond acceptors (Lipinski definition) is 5. The van der Waals surface area contributed by atoms with Crippen molar-refractivity contribution in [1.82, 2.24) is 10.2 Å². The average molecular weight is 330 g/mol. The van der Waals surface area contributed by atoms with Gasteiger partial charge in [0.15, 0.2) is 0 Å². The van der Waals surface area contributed by atoms with Gasteiger partial charge < -0.3 is 10.1 Å². The summed E-state index contributed by atoms with van der Waals surface area (Å²) in [6.07, 6.45) is 0.794. The first-order valence-corrected chi connectivity index (χ1v) is 8.74. The van der Waals surface area contributed by atoms with Crippen LogP contribution in [0.1, 0.15) is 25.8 Å². The topological polar surface area (TPSA) is 58.6 Å². The zero-order valence-corrected chi connectivity index (χ0v) is 14.5. The van der Waals surface area contributed by atoms with E-state index in [0.717, 1.165) is 26.1 Å². The van der Waals surface area contributed by atoms with E-state index in [4.69, 9.17) is 4.74 Å². The number of fused-ring (bicyclic) bond motifs is 1. The first kappa shape index (κ1) is 17.1. The van der Waals surface area contributed by atoms with Gasteiger partial charge in [-0.05, 0) is 32.4 Å². The van der Waals surface area contributed by atoms with Gasteiger partial charge in [-0.25, -0.2) is 0 Å². The van der Waals surface area contributed by atoms with Crippen molar-refractivity contribution in [2.24, 2.45) is 11.3 Å². The Balaban J connectivity index is 1.77. The zero-order chi connectivity index (χ0) is 17.2. The van der Waals surface area contributed by atoms with Crippen LogP contribution in [0.25, 0.3) is 0 Å². The van der Waals surface area contributed by atoms with Crippen LogP contribution in [0, 0.1) is 11.3 Å². The van der Waals surface area contributed by atoms with Crippen molar-refractivity contribution < 1.29 is 14.3 Å². The standard InChI is InChI=1S/C19H26N2O3/c1-3-24-18(23)17-16-12-21(11-15-7-5-4-6-8-15)10-9-19(16,13-20-17)14(2)22/h4-8,16-17,20H,3,9-13H2,1-2H3/t16-,17?,19+/m0/s1. The SMILES string of the molecule is CCOC(=O)C1NC[C@@]2(C(C)=O)CCN(Cc3ccccc3)C[C@@H]12. The minimum absolute atomic E-state index is 0.0217. The lowest BCUT2D eigenvalue weighted by atomic mass is 9.68. The number of rotatable bonds is 5. The van der Waals surface area contributed by atoms with Crippen molar-refractivity contribution in [3.63, 3.8) is 0 Å².